The Hall–Kier alpha value is -1.87. The van der Waals surface area contributed by atoms with Gasteiger partial charge < -0.3 is 10.1 Å². The van der Waals surface area contributed by atoms with E-state index < -0.39 is 0 Å². The van der Waals surface area contributed by atoms with Gasteiger partial charge in [0.05, 0.1) is 13.2 Å². The van der Waals surface area contributed by atoms with Crippen molar-refractivity contribution in [2.24, 2.45) is 0 Å². The van der Waals surface area contributed by atoms with Gasteiger partial charge in [0.25, 0.3) is 0 Å². The Labute approximate surface area is 114 Å². The van der Waals surface area contributed by atoms with Gasteiger partial charge in [0, 0.05) is 12.4 Å². The van der Waals surface area contributed by atoms with E-state index in [-0.39, 0.29) is 6.04 Å². The Kier molecular flexibility index (Phi) is 4.17. The summed E-state index contributed by atoms with van der Waals surface area (Å²) >= 11 is 0. The van der Waals surface area contributed by atoms with E-state index in [0.717, 1.165) is 5.75 Å². The van der Waals surface area contributed by atoms with Gasteiger partial charge in [-0.2, -0.15) is 0 Å². The second kappa shape index (κ2) is 5.85. The van der Waals surface area contributed by atoms with E-state index in [0.29, 0.717) is 0 Å². The van der Waals surface area contributed by atoms with Crippen molar-refractivity contribution in [3.8, 4) is 5.75 Å². The predicted octanol–water partition coefficient (Wildman–Crippen LogP) is 3.02. The predicted molar refractivity (Wildman–Crippen MR) is 77.6 cm³/mol. The lowest BCUT2D eigenvalue weighted by Gasteiger charge is -2.21. The molecule has 1 unspecified atom stereocenters. The molecule has 3 nitrogen and oxygen atoms in total. The number of rotatable bonds is 4. The Morgan fingerprint density at radius 1 is 1.11 bits per heavy atom. The summed E-state index contributed by atoms with van der Waals surface area (Å²) in [4.78, 5) is 4.16. The van der Waals surface area contributed by atoms with Crippen LogP contribution in [0.2, 0.25) is 0 Å². The molecule has 0 saturated carbocycles. The molecule has 100 valence electrons. The largest absolute Gasteiger partial charge is 0.497 e. The summed E-state index contributed by atoms with van der Waals surface area (Å²) in [5, 5.41) is 3.39. The lowest BCUT2D eigenvalue weighted by Crippen LogP contribution is -2.19. The van der Waals surface area contributed by atoms with Gasteiger partial charge in [0.2, 0.25) is 0 Å². The molecular formula is C16H20N2O. The number of ether oxygens (including phenoxy) is 1. The third-order valence-corrected chi connectivity index (χ3v) is 3.45. The Balaban J connectivity index is 2.46. The summed E-state index contributed by atoms with van der Waals surface area (Å²) in [7, 11) is 3.67. The van der Waals surface area contributed by atoms with Crippen LogP contribution in [0, 0.1) is 13.8 Å². The fourth-order valence-corrected chi connectivity index (χ4v) is 2.39. The number of benzene rings is 1. The molecule has 0 spiro atoms. The zero-order valence-electron chi connectivity index (χ0n) is 11.9. The average molecular weight is 256 g/mol. The lowest BCUT2D eigenvalue weighted by molar-refractivity contribution is 0.414. The standard InChI is InChI=1S/C16H20N2O/c1-11-9-13(19-4)5-6-14(11)16(17-3)15-7-8-18-10-12(15)2/h5-10,16-17H,1-4H3. The maximum Gasteiger partial charge on any atom is 0.119 e. The molecule has 19 heavy (non-hydrogen) atoms. The molecule has 0 aliphatic heterocycles. The number of pyridine rings is 1. The molecule has 2 rings (SSSR count). The number of aromatic nitrogens is 1. The lowest BCUT2D eigenvalue weighted by atomic mass is 9.93. The van der Waals surface area contributed by atoms with Crippen molar-refractivity contribution in [3.05, 3.63) is 58.9 Å². The molecule has 0 aliphatic carbocycles. The third-order valence-electron chi connectivity index (χ3n) is 3.45. The highest BCUT2D eigenvalue weighted by molar-refractivity contribution is 5.42. The maximum atomic E-state index is 5.26. The zero-order chi connectivity index (χ0) is 13.8. The van der Waals surface area contributed by atoms with Crippen LogP contribution < -0.4 is 10.1 Å². The highest BCUT2D eigenvalue weighted by Crippen LogP contribution is 2.28. The summed E-state index contributed by atoms with van der Waals surface area (Å²) in [5.41, 5.74) is 4.93. The van der Waals surface area contributed by atoms with Gasteiger partial charge in [-0.05, 0) is 61.3 Å². The van der Waals surface area contributed by atoms with Crippen LogP contribution in [0.15, 0.2) is 36.7 Å². The highest BCUT2D eigenvalue weighted by atomic mass is 16.5. The Morgan fingerprint density at radius 3 is 2.42 bits per heavy atom. The molecule has 0 bridgehead atoms. The van der Waals surface area contributed by atoms with Crippen molar-refractivity contribution >= 4 is 0 Å². The van der Waals surface area contributed by atoms with Gasteiger partial charge in [0.15, 0.2) is 0 Å². The molecule has 0 radical (unpaired) electrons. The van der Waals surface area contributed by atoms with Crippen molar-refractivity contribution in [1.29, 1.82) is 0 Å². The normalized spacial score (nSPS) is 12.2. The van der Waals surface area contributed by atoms with Crippen molar-refractivity contribution in [3.63, 3.8) is 0 Å². The Bertz CT molecular complexity index is 566. The van der Waals surface area contributed by atoms with Crippen LogP contribution >= 0.6 is 0 Å². The molecule has 3 heteroatoms. The highest BCUT2D eigenvalue weighted by Gasteiger charge is 2.16. The van der Waals surface area contributed by atoms with Crippen LogP contribution in [0.1, 0.15) is 28.3 Å². The molecule has 1 aromatic carbocycles. The quantitative estimate of drug-likeness (QED) is 0.913. The van der Waals surface area contributed by atoms with E-state index in [1.165, 1.54) is 22.3 Å². The molecule has 0 saturated heterocycles. The number of methoxy groups -OCH3 is 1. The summed E-state index contributed by atoms with van der Waals surface area (Å²) in [6, 6.07) is 8.43. The van der Waals surface area contributed by atoms with Gasteiger partial charge in [-0.15, -0.1) is 0 Å². The number of hydrogen-bond acceptors (Lipinski definition) is 3. The first-order chi connectivity index (χ1) is 9.17. The molecular weight excluding hydrogens is 236 g/mol. The van der Waals surface area contributed by atoms with E-state index in [1.54, 1.807) is 7.11 Å². The van der Waals surface area contributed by atoms with Crippen LogP contribution in [0.5, 0.6) is 5.75 Å². The van der Waals surface area contributed by atoms with Gasteiger partial charge in [0.1, 0.15) is 5.75 Å². The molecule has 0 aliphatic rings. The van der Waals surface area contributed by atoms with E-state index in [9.17, 15) is 0 Å². The summed E-state index contributed by atoms with van der Waals surface area (Å²) in [5.74, 6) is 0.891. The van der Waals surface area contributed by atoms with Crippen LogP contribution in [-0.2, 0) is 0 Å². The SMILES string of the molecule is CNC(c1ccncc1C)c1ccc(OC)cc1C. The van der Waals surface area contributed by atoms with Crippen LogP contribution in [0.25, 0.3) is 0 Å². The molecule has 0 amide bonds. The smallest absolute Gasteiger partial charge is 0.119 e. The second-order valence-electron chi connectivity index (χ2n) is 4.68. The minimum Gasteiger partial charge on any atom is -0.497 e. The maximum absolute atomic E-state index is 5.26. The van der Waals surface area contributed by atoms with Gasteiger partial charge in [-0.1, -0.05) is 6.07 Å². The van der Waals surface area contributed by atoms with Crippen LogP contribution in [0.4, 0.5) is 0 Å². The first-order valence-electron chi connectivity index (χ1n) is 6.39. The van der Waals surface area contributed by atoms with Gasteiger partial charge in [-0.25, -0.2) is 0 Å². The number of aryl methyl sites for hydroxylation is 2. The first-order valence-corrected chi connectivity index (χ1v) is 6.39. The number of hydrogen-bond donors (Lipinski definition) is 1. The van der Waals surface area contributed by atoms with Crippen molar-refractivity contribution < 1.29 is 4.74 Å². The van der Waals surface area contributed by atoms with E-state index in [1.807, 2.05) is 25.5 Å². The van der Waals surface area contributed by atoms with Gasteiger partial charge >= 0.3 is 0 Å². The first kappa shape index (κ1) is 13.6. The van der Waals surface area contributed by atoms with Crippen LogP contribution in [-0.4, -0.2) is 19.1 Å². The van der Waals surface area contributed by atoms with Crippen LogP contribution in [0.3, 0.4) is 0 Å². The van der Waals surface area contributed by atoms with Crippen molar-refractivity contribution in [1.82, 2.24) is 10.3 Å². The van der Waals surface area contributed by atoms with Crippen molar-refractivity contribution in [2.75, 3.05) is 14.2 Å². The second-order valence-corrected chi connectivity index (χ2v) is 4.68. The molecule has 1 aromatic heterocycles. The minimum absolute atomic E-state index is 0.175. The molecule has 1 N–H and O–H groups in total. The molecule has 2 aromatic rings. The zero-order valence-corrected chi connectivity index (χ0v) is 11.9. The third kappa shape index (κ3) is 2.76. The molecule has 1 atom stereocenters. The summed E-state index contributed by atoms with van der Waals surface area (Å²) < 4.78 is 5.26. The fraction of sp³-hybridized carbons (Fsp3) is 0.312. The Morgan fingerprint density at radius 2 is 1.84 bits per heavy atom. The monoisotopic (exact) mass is 256 g/mol. The van der Waals surface area contributed by atoms with Crippen molar-refractivity contribution in [2.45, 2.75) is 19.9 Å². The van der Waals surface area contributed by atoms with E-state index in [4.69, 9.17) is 4.74 Å². The average Bonchev–Trinajstić information content (AvgIpc) is 2.43. The fourth-order valence-electron chi connectivity index (χ4n) is 2.39. The topological polar surface area (TPSA) is 34.2 Å². The number of nitrogens with one attached hydrogen (secondary N) is 1. The van der Waals surface area contributed by atoms with E-state index in [2.05, 4.69) is 42.3 Å². The molecule has 1 heterocycles. The van der Waals surface area contributed by atoms with E-state index >= 15 is 0 Å². The van der Waals surface area contributed by atoms with Gasteiger partial charge in [-0.3, -0.25) is 4.98 Å². The summed E-state index contributed by atoms with van der Waals surface area (Å²) in [6.07, 6.45) is 3.74. The number of nitrogens with zero attached hydrogens (tertiary/aromatic N) is 1. The summed E-state index contributed by atoms with van der Waals surface area (Å²) in [6.45, 7) is 4.20. The minimum atomic E-state index is 0.175. The molecule has 0 fully saturated rings.